The molecule has 1 aliphatic carbocycles. The number of rotatable bonds is 8. The highest BCUT2D eigenvalue weighted by atomic mass is 32.2. The van der Waals surface area contributed by atoms with Crippen LogP contribution in [0.25, 0.3) is 0 Å². The highest BCUT2D eigenvalue weighted by molar-refractivity contribution is 7.92. The first-order valence-electron chi connectivity index (χ1n) is 10.8. The zero-order valence-corrected chi connectivity index (χ0v) is 18.6. The van der Waals surface area contributed by atoms with Crippen molar-refractivity contribution in [3.8, 4) is 11.5 Å². The summed E-state index contributed by atoms with van der Waals surface area (Å²) in [5.41, 5.74) is 2.71. The van der Waals surface area contributed by atoms with Crippen molar-refractivity contribution < 1.29 is 13.2 Å². The third kappa shape index (κ3) is 5.07. The van der Waals surface area contributed by atoms with Gasteiger partial charge in [0.05, 0.1) is 18.0 Å². The molecule has 6 heteroatoms. The van der Waals surface area contributed by atoms with E-state index in [-0.39, 0.29) is 12.3 Å². The predicted molar refractivity (Wildman–Crippen MR) is 124 cm³/mol. The van der Waals surface area contributed by atoms with Crippen molar-refractivity contribution in [1.82, 2.24) is 4.98 Å². The van der Waals surface area contributed by atoms with Gasteiger partial charge in [0.1, 0.15) is 11.5 Å². The molecule has 162 valence electrons. The van der Waals surface area contributed by atoms with Crippen molar-refractivity contribution in [2.45, 2.75) is 45.1 Å². The van der Waals surface area contributed by atoms with Crippen LogP contribution in [0.2, 0.25) is 0 Å². The zero-order chi connectivity index (χ0) is 21.7. The van der Waals surface area contributed by atoms with E-state index < -0.39 is 10.0 Å². The summed E-state index contributed by atoms with van der Waals surface area (Å²) < 4.78 is 33.1. The number of nitrogens with zero attached hydrogens (tertiary/aromatic N) is 2. The Hall–Kier alpha value is -2.86. The van der Waals surface area contributed by atoms with E-state index in [9.17, 15) is 8.42 Å². The number of sulfonamides is 1. The summed E-state index contributed by atoms with van der Waals surface area (Å²) in [6, 6.07) is 19.2. The quantitative estimate of drug-likeness (QED) is 0.442. The van der Waals surface area contributed by atoms with Crippen molar-refractivity contribution in [2.24, 2.45) is 0 Å². The van der Waals surface area contributed by atoms with Crippen molar-refractivity contribution >= 4 is 15.7 Å². The number of benzene rings is 2. The van der Waals surface area contributed by atoms with Crippen LogP contribution in [0.15, 0.2) is 73.1 Å². The number of pyridine rings is 1. The van der Waals surface area contributed by atoms with Gasteiger partial charge in [0.25, 0.3) is 0 Å². The van der Waals surface area contributed by atoms with E-state index in [0.717, 1.165) is 11.3 Å². The van der Waals surface area contributed by atoms with Gasteiger partial charge < -0.3 is 4.74 Å². The van der Waals surface area contributed by atoms with Crippen molar-refractivity contribution in [3.63, 3.8) is 0 Å². The van der Waals surface area contributed by atoms with Gasteiger partial charge >= 0.3 is 0 Å². The molecule has 1 fully saturated rings. The fraction of sp³-hybridized carbons (Fsp3) is 0.320. The second-order valence-electron chi connectivity index (χ2n) is 7.88. The zero-order valence-electron chi connectivity index (χ0n) is 17.8. The van der Waals surface area contributed by atoms with Crippen LogP contribution in [-0.4, -0.2) is 19.2 Å². The van der Waals surface area contributed by atoms with Crippen LogP contribution in [0.1, 0.15) is 49.7 Å². The molecule has 0 atom stereocenters. The van der Waals surface area contributed by atoms with Crippen molar-refractivity contribution in [2.75, 3.05) is 10.1 Å². The van der Waals surface area contributed by atoms with Gasteiger partial charge in [-0.1, -0.05) is 37.1 Å². The van der Waals surface area contributed by atoms with Crippen molar-refractivity contribution in [3.05, 3.63) is 84.2 Å². The molecular weight excluding hydrogens is 408 g/mol. The maximum absolute atomic E-state index is 12.7. The summed E-state index contributed by atoms with van der Waals surface area (Å²) in [7, 11) is -3.44. The minimum absolute atomic E-state index is 0.0281. The molecule has 0 bridgehead atoms. The molecule has 1 heterocycles. The van der Waals surface area contributed by atoms with E-state index in [0.29, 0.717) is 17.4 Å². The van der Waals surface area contributed by atoms with E-state index in [1.165, 1.54) is 35.6 Å². The second kappa shape index (κ2) is 9.52. The molecule has 5 nitrogen and oxygen atoms in total. The summed E-state index contributed by atoms with van der Waals surface area (Å²) in [6.45, 7) is 1.90. The van der Waals surface area contributed by atoms with Gasteiger partial charge in [-0.15, -0.1) is 0 Å². The first kappa shape index (κ1) is 21.4. The highest BCUT2D eigenvalue weighted by Crippen LogP contribution is 2.40. The van der Waals surface area contributed by atoms with Gasteiger partial charge in [0, 0.05) is 12.4 Å². The Morgan fingerprint density at radius 3 is 2.42 bits per heavy atom. The van der Waals surface area contributed by atoms with Gasteiger partial charge in [-0.25, -0.2) is 8.42 Å². The Morgan fingerprint density at radius 2 is 1.74 bits per heavy atom. The Balaban J connectivity index is 1.56. The lowest BCUT2D eigenvalue weighted by Crippen LogP contribution is -2.31. The van der Waals surface area contributed by atoms with Crippen LogP contribution in [0.4, 0.5) is 5.69 Å². The third-order valence-electron chi connectivity index (χ3n) is 5.82. The van der Waals surface area contributed by atoms with Crippen LogP contribution in [0.3, 0.4) is 0 Å². The molecule has 0 spiro atoms. The standard InChI is InChI=1S/C25H28N2O3S/c1-2-31(28,29)27(19-20-8-7-17-26-18-20)22-13-15-23(16-14-22)30-25-12-6-5-11-24(25)21-9-3-4-10-21/h5-8,11-18,21H,2-4,9-10,19H2,1H3. The molecule has 0 unspecified atom stereocenters. The second-order valence-corrected chi connectivity index (χ2v) is 10.1. The molecule has 0 N–H and O–H groups in total. The number of para-hydroxylation sites is 1. The fourth-order valence-electron chi connectivity index (χ4n) is 4.12. The normalized spacial score (nSPS) is 14.5. The maximum atomic E-state index is 12.7. The molecule has 1 aliphatic rings. The SMILES string of the molecule is CCS(=O)(=O)N(Cc1cccnc1)c1ccc(Oc2ccccc2C2CCCC2)cc1. The van der Waals surface area contributed by atoms with Gasteiger partial charge in [-0.3, -0.25) is 9.29 Å². The molecule has 2 aromatic carbocycles. The summed E-state index contributed by atoms with van der Waals surface area (Å²) in [5.74, 6) is 2.17. The summed E-state index contributed by atoms with van der Waals surface area (Å²) in [5, 5.41) is 0. The predicted octanol–water partition coefficient (Wildman–Crippen LogP) is 5.89. The van der Waals surface area contributed by atoms with Crippen LogP contribution in [0, 0.1) is 0 Å². The maximum Gasteiger partial charge on any atom is 0.235 e. The van der Waals surface area contributed by atoms with E-state index in [1.807, 2.05) is 36.4 Å². The topological polar surface area (TPSA) is 59.5 Å². The molecule has 31 heavy (non-hydrogen) atoms. The molecular formula is C25H28N2O3S. The molecule has 3 aromatic rings. The largest absolute Gasteiger partial charge is 0.457 e. The van der Waals surface area contributed by atoms with Crippen molar-refractivity contribution in [1.29, 1.82) is 0 Å². The lowest BCUT2D eigenvalue weighted by Gasteiger charge is -2.24. The number of hydrogen-bond acceptors (Lipinski definition) is 4. The van der Waals surface area contributed by atoms with Gasteiger partial charge in [-0.2, -0.15) is 0 Å². The van der Waals surface area contributed by atoms with Crippen LogP contribution < -0.4 is 9.04 Å². The van der Waals surface area contributed by atoms with E-state index in [1.54, 1.807) is 31.5 Å². The van der Waals surface area contributed by atoms with Gasteiger partial charge in [-0.05, 0) is 73.2 Å². The average Bonchev–Trinajstić information content (AvgIpc) is 3.34. The monoisotopic (exact) mass is 436 g/mol. The lowest BCUT2D eigenvalue weighted by molar-refractivity contribution is 0.469. The molecule has 4 rings (SSSR count). The molecule has 1 aromatic heterocycles. The fourth-order valence-corrected chi connectivity index (χ4v) is 5.22. The van der Waals surface area contributed by atoms with Gasteiger partial charge in [0.15, 0.2) is 0 Å². The first-order chi connectivity index (χ1) is 15.1. The number of ether oxygens (including phenoxy) is 1. The Labute approximate surface area is 184 Å². The summed E-state index contributed by atoms with van der Waals surface area (Å²) >= 11 is 0. The van der Waals surface area contributed by atoms with E-state index in [4.69, 9.17) is 4.74 Å². The first-order valence-corrected chi connectivity index (χ1v) is 12.4. The van der Waals surface area contributed by atoms with E-state index in [2.05, 4.69) is 17.1 Å². The molecule has 0 aliphatic heterocycles. The summed E-state index contributed by atoms with van der Waals surface area (Å²) in [6.07, 6.45) is 8.32. The molecule has 0 saturated heterocycles. The highest BCUT2D eigenvalue weighted by Gasteiger charge is 2.22. The Kier molecular flexibility index (Phi) is 6.56. The molecule has 1 saturated carbocycles. The van der Waals surface area contributed by atoms with Crippen LogP contribution >= 0.6 is 0 Å². The Bertz CT molecular complexity index is 1090. The lowest BCUT2D eigenvalue weighted by atomic mass is 9.97. The van der Waals surface area contributed by atoms with E-state index >= 15 is 0 Å². The Morgan fingerprint density at radius 1 is 1.00 bits per heavy atom. The number of anilines is 1. The summed E-state index contributed by atoms with van der Waals surface area (Å²) in [4.78, 5) is 4.10. The van der Waals surface area contributed by atoms with Crippen LogP contribution in [0.5, 0.6) is 11.5 Å². The van der Waals surface area contributed by atoms with Gasteiger partial charge in [0.2, 0.25) is 10.0 Å². The minimum Gasteiger partial charge on any atom is -0.457 e. The molecule has 0 amide bonds. The number of hydrogen-bond donors (Lipinski definition) is 0. The average molecular weight is 437 g/mol. The smallest absolute Gasteiger partial charge is 0.235 e. The molecule has 0 radical (unpaired) electrons. The number of aromatic nitrogens is 1. The third-order valence-corrected chi connectivity index (χ3v) is 7.56. The minimum atomic E-state index is -3.44. The van der Waals surface area contributed by atoms with Crippen LogP contribution in [-0.2, 0) is 16.6 Å².